The van der Waals surface area contributed by atoms with Crippen LogP contribution in [-0.2, 0) is 6.54 Å². The van der Waals surface area contributed by atoms with Crippen LogP contribution in [0.3, 0.4) is 0 Å². The van der Waals surface area contributed by atoms with Gasteiger partial charge in [0.15, 0.2) is 11.6 Å². The Morgan fingerprint density at radius 2 is 2.22 bits per heavy atom. The Bertz CT molecular complexity index is 1050. The third-order valence-electron chi connectivity index (χ3n) is 4.32. The summed E-state index contributed by atoms with van der Waals surface area (Å²) in [4.78, 5) is 18.2. The summed E-state index contributed by atoms with van der Waals surface area (Å²) >= 11 is 2.94. The first-order valence-electron chi connectivity index (χ1n) is 8.43. The number of nitrogens with zero attached hydrogens (tertiary/aromatic N) is 3. The smallest absolute Gasteiger partial charge is 0.209 e. The van der Waals surface area contributed by atoms with Gasteiger partial charge in [-0.1, -0.05) is 17.8 Å². The van der Waals surface area contributed by atoms with Crippen LogP contribution in [0.4, 0.5) is 0 Å². The lowest BCUT2D eigenvalue weighted by Crippen LogP contribution is -2.07. The van der Waals surface area contributed by atoms with E-state index in [4.69, 9.17) is 4.42 Å². The maximum Gasteiger partial charge on any atom is 0.209 e. The Morgan fingerprint density at radius 3 is 2.96 bits per heavy atom. The predicted octanol–water partition coefficient (Wildman–Crippen LogP) is 4.57. The maximum atomic E-state index is 12.7. The van der Waals surface area contributed by atoms with Gasteiger partial charge in [0.05, 0.1) is 23.4 Å². The molecule has 1 N–H and O–H groups in total. The summed E-state index contributed by atoms with van der Waals surface area (Å²) in [5.74, 6) is 1.97. The molecule has 0 bridgehead atoms. The number of H-pyrrole nitrogens is 1. The van der Waals surface area contributed by atoms with Crippen LogP contribution in [0.1, 0.15) is 27.5 Å². The third-order valence-corrected chi connectivity index (χ3v) is 6.04. The van der Waals surface area contributed by atoms with E-state index < -0.39 is 0 Å². The SMILES string of the molecule is Cc1cc(C(=O)CSc2n[nH]c(-c3cccs3)n2)c(C)n1Cc1ccco1. The number of thioether (sulfide) groups is 1. The highest BCUT2D eigenvalue weighted by Gasteiger charge is 2.17. The molecular formula is C19H18N4O2S2. The lowest BCUT2D eigenvalue weighted by atomic mass is 10.2. The molecule has 0 saturated heterocycles. The van der Waals surface area contributed by atoms with Crippen LogP contribution < -0.4 is 0 Å². The Labute approximate surface area is 164 Å². The van der Waals surface area contributed by atoms with Crippen LogP contribution in [0.15, 0.2) is 51.5 Å². The van der Waals surface area contributed by atoms with Crippen molar-refractivity contribution in [1.82, 2.24) is 19.7 Å². The van der Waals surface area contributed by atoms with Crippen molar-refractivity contribution in [1.29, 1.82) is 0 Å². The number of Topliss-reactive ketones (excluding diaryl/α,β-unsaturated/α-hetero) is 1. The molecule has 0 unspecified atom stereocenters. The van der Waals surface area contributed by atoms with Crippen LogP contribution in [0.25, 0.3) is 10.7 Å². The van der Waals surface area contributed by atoms with Gasteiger partial charge in [-0.2, -0.15) is 0 Å². The summed E-state index contributed by atoms with van der Waals surface area (Å²) in [5.41, 5.74) is 2.72. The monoisotopic (exact) mass is 398 g/mol. The van der Waals surface area contributed by atoms with Gasteiger partial charge in [-0.05, 0) is 43.5 Å². The van der Waals surface area contributed by atoms with Gasteiger partial charge >= 0.3 is 0 Å². The molecule has 0 aromatic carbocycles. The zero-order chi connectivity index (χ0) is 18.8. The summed E-state index contributed by atoms with van der Waals surface area (Å²) in [5, 5.41) is 9.69. The van der Waals surface area contributed by atoms with Crippen LogP contribution in [0.2, 0.25) is 0 Å². The fourth-order valence-corrected chi connectivity index (χ4v) is 4.27. The fraction of sp³-hybridized carbons (Fsp3) is 0.211. The molecule has 0 aliphatic rings. The summed E-state index contributed by atoms with van der Waals surface area (Å²) in [6.07, 6.45) is 1.66. The normalized spacial score (nSPS) is 11.2. The molecule has 27 heavy (non-hydrogen) atoms. The number of hydrogen-bond acceptors (Lipinski definition) is 6. The van der Waals surface area contributed by atoms with Crippen molar-refractivity contribution in [3.8, 4) is 10.7 Å². The average molecular weight is 399 g/mol. The van der Waals surface area contributed by atoms with Crippen molar-refractivity contribution in [3.05, 3.63) is 64.7 Å². The first kappa shape index (κ1) is 17.8. The molecule has 4 rings (SSSR count). The van der Waals surface area contributed by atoms with Gasteiger partial charge in [0.2, 0.25) is 5.16 Å². The van der Waals surface area contributed by atoms with Gasteiger partial charge in [-0.3, -0.25) is 9.89 Å². The number of nitrogens with one attached hydrogen (secondary N) is 1. The van der Waals surface area contributed by atoms with Crippen LogP contribution >= 0.6 is 23.1 Å². The number of furan rings is 1. The maximum absolute atomic E-state index is 12.7. The van der Waals surface area contributed by atoms with Gasteiger partial charge in [-0.15, -0.1) is 16.4 Å². The number of aryl methyl sites for hydroxylation is 1. The molecule has 4 heterocycles. The topological polar surface area (TPSA) is 76.7 Å². The van der Waals surface area contributed by atoms with Gasteiger partial charge in [-0.25, -0.2) is 4.98 Å². The lowest BCUT2D eigenvalue weighted by molar-refractivity contribution is 0.102. The molecule has 0 aliphatic heterocycles. The molecule has 0 saturated carbocycles. The summed E-state index contributed by atoms with van der Waals surface area (Å²) in [6.45, 7) is 4.59. The van der Waals surface area contributed by atoms with E-state index in [9.17, 15) is 4.79 Å². The zero-order valence-electron chi connectivity index (χ0n) is 14.9. The number of hydrogen-bond donors (Lipinski definition) is 1. The third kappa shape index (κ3) is 3.77. The van der Waals surface area contributed by atoms with E-state index >= 15 is 0 Å². The van der Waals surface area contributed by atoms with Gasteiger partial charge < -0.3 is 8.98 Å². The average Bonchev–Trinajstić information content (AvgIpc) is 3.43. The second kappa shape index (κ2) is 7.58. The van der Waals surface area contributed by atoms with Crippen molar-refractivity contribution in [2.45, 2.75) is 25.5 Å². The van der Waals surface area contributed by atoms with Crippen molar-refractivity contribution in [3.63, 3.8) is 0 Å². The number of rotatable bonds is 7. The zero-order valence-corrected chi connectivity index (χ0v) is 16.6. The Hall–Kier alpha value is -2.58. The van der Waals surface area contributed by atoms with E-state index in [0.717, 1.165) is 33.4 Å². The van der Waals surface area contributed by atoms with E-state index in [-0.39, 0.29) is 5.78 Å². The predicted molar refractivity (Wildman–Crippen MR) is 106 cm³/mol. The molecule has 6 nitrogen and oxygen atoms in total. The first-order valence-corrected chi connectivity index (χ1v) is 10.3. The molecule has 0 aliphatic carbocycles. The second-order valence-electron chi connectivity index (χ2n) is 6.11. The molecule has 4 aromatic heterocycles. The highest BCUT2D eigenvalue weighted by molar-refractivity contribution is 7.99. The number of thiophene rings is 1. The quantitative estimate of drug-likeness (QED) is 0.365. The van der Waals surface area contributed by atoms with E-state index in [0.29, 0.717) is 17.5 Å². The number of carbonyl (C=O) groups is 1. The van der Waals surface area contributed by atoms with Crippen molar-refractivity contribution in [2.24, 2.45) is 0 Å². The molecule has 0 radical (unpaired) electrons. The Morgan fingerprint density at radius 1 is 1.33 bits per heavy atom. The van der Waals surface area contributed by atoms with Crippen molar-refractivity contribution >= 4 is 28.9 Å². The van der Waals surface area contributed by atoms with Crippen LogP contribution in [-0.4, -0.2) is 31.3 Å². The van der Waals surface area contributed by atoms with E-state index in [1.807, 2.05) is 49.6 Å². The standard InChI is InChI=1S/C19H18N4O2S2/c1-12-9-15(13(2)23(12)10-14-5-3-7-25-14)16(24)11-27-19-20-18(21-22-19)17-6-4-8-26-17/h3-9H,10-11H2,1-2H3,(H,20,21,22). The van der Waals surface area contributed by atoms with E-state index in [1.54, 1.807) is 17.6 Å². The first-order chi connectivity index (χ1) is 13.1. The second-order valence-corrected chi connectivity index (χ2v) is 8.00. The Kier molecular flexibility index (Phi) is 5.00. The Balaban J connectivity index is 1.44. The number of ketones is 1. The van der Waals surface area contributed by atoms with E-state index in [2.05, 4.69) is 19.7 Å². The summed E-state index contributed by atoms with van der Waals surface area (Å²) in [7, 11) is 0. The largest absolute Gasteiger partial charge is 0.467 e. The lowest BCUT2D eigenvalue weighted by Gasteiger charge is -2.07. The minimum Gasteiger partial charge on any atom is -0.467 e. The van der Waals surface area contributed by atoms with Gasteiger partial charge in [0, 0.05) is 17.0 Å². The molecule has 0 amide bonds. The number of aromatic nitrogens is 4. The minimum atomic E-state index is 0.0706. The minimum absolute atomic E-state index is 0.0706. The molecule has 0 fully saturated rings. The number of aromatic amines is 1. The van der Waals surface area contributed by atoms with Gasteiger partial charge in [0.25, 0.3) is 0 Å². The van der Waals surface area contributed by atoms with E-state index in [1.165, 1.54) is 11.8 Å². The van der Waals surface area contributed by atoms with Crippen molar-refractivity contribution < 1.29 is 9.21 Å². The molecule has 138 valence electrons. The van der Waals surface area contributed by atoms with Gasteiger partial charge in [0.1, 0.15) is 5.76 Å². The molecule has 8 heteroatoms. The molecular weight excluding hydrogens is 380 g/mol. The molecule has 0 atom stereocenters. The molecule has 4 aromatic rings. The highest BCUT2D eigenvalue weighted by Crippen LogP contribution is 2.24. The molecule has 0 spiro atoms. The fourth-order valence-electron chi connectivity index (χ4n) is 2.93. The van der Waals surface area contributed by atoms with Crippen molar-refractivity contribution in [2.75, 3.05) is 5.75 Å². The van der Waals surface area contributed by atoms with Crippen LogP contribution in [0, 0.1) is 13.8 Å². The highest BCUT2D eigenvalue weighted by atomic mass is 32.2. The number of carbonyl (C=O) groups excluding carboxylic acids is 1. The summed E-state index contributed by atoms with van der Waals surface area (Å²) in [6, 6.07) is 9.70. The van der Waals surface area contributed by atoms with Crippen LogP contribution in [0.5, 0.6) is 0 Å². The summed E-state index contributed by atoms with van der Waals surface area (Å²) < 4.78 is 7.52.